The van der Waals surface area contributed by atoms with E-state index in [9.17, 15) is 5.11 Å². The molecule has 0 aliphatic carbocycles. The molecule has 1 nitrogen and oxygen atoms in total. The highest BCUT2D eigenvalue weighted by molar-refractivity contribution is 9.09. The highest BCUT2D eigenvalue weighted by atomic mass is 79.9. The van der Waals surface area contributed by atoms with E-state index < -0.39 is 0 Å². The van der Waals surface area contributed by atoms with Gasteiger partial charge < -0.3 is 5.11 Å². The predicted octanol–water partition coefficient (Wildman–Crippen LogP) is 2.76. The number of phenolic OH excluding ortho intramolecular Hbond substituents is 1. The average molecular weight is 239 g/mol. The van der Waals surface area contributed by atoms with Crippen LogP contribution in [0.15, 0.2) is 12.1 Å². The zero-order valence-electron chi connectivity index (χ0n) is 7.69. The van der Waals surface area contributed by atoms with Gasteiger partial charge in [-0.15, -0.1) is 0 Å². The van der Waals surface area contributed by atoms with Crippen molar-refractivity contribution in [2.24, 2.45) is 0 Å². The Kier molecular flexibility index (Phi) is 3.39. The SMILES string of the molecule is Cc1cc(O)cc(C)c1C#CCBr. The topological polar surface area (TPSA) is 20.2 Å². The minimum atomic E-state index is 0.305. The molecule has 68 valence electrons. The van der Waals surface area contributed by atoms with Gasteiger partial charge in [-0.25, -0.2) is 0 Å². The molecule has 0 unspecified atom stereocenters. The number of alkyl halides is 1. The van der Waals surface area contributed by atoms with E-state index in [4.69, 9.17) is 0 Å². The first-order valence-electron chi connectivity index (χ1n) is 4.00. The number of halogens is 1. The lowest BCUT2D eigenvalue weighted by Crippen LogP contribution is -1.87. The summed E-state index contributed by atoms with van der Waals surface area (Å²) in [6.45, 7) is 3.90. The van der Waals surface area contributed by atoms with E-state index in [-0.39, 0.29) is 0 Å². The first-order chi connectivity index (χ1) is 6.15. The molecule has 0 fully saturated rings. The Morgan fingerprint density at radius 3 is 2.31 bits per heavy atom. The van der Waals surface area contributed by atoms with Crippen molar-refractivity contribution in [3.05, 3.63) is 28.8 Å². The third-order valence-electron chi connectivity index (χ3n) is 1.80. The quantitative estimate of drug-likeness (QED) is 0.545. The van der Waals surface area contributed by atoms with Gasteiger partial charge in [-0.05, 0) is 37.1 Å². The second-order valence-corrected chi connectivity index (χ2v) is 3.45. The summed E-state index contributed by atoms with van der Waals surface area (Å²) in [7, 11) is 0. The Labute approximate surface area is 86.9 Å². The first-order valence-corrected chi connectivity index (χ1v) is 5.12. The number of rotatable bonds is 0. The van der Waals surface area contributed by atoms with Crippen LogP contribution in [0.2, 0.25) is 0 Å². The Hall–Kier alpha value is -0.940. The van der Waals surface area contributed by atoms with Crippen molar-refractivity contribution in [3.8, 4) is 17.6 Å². The molecular weight excluding hydrogens is 228 g/mol. The molecule has 0 bridgehead atoms. The molecule has 0 amide bonds. The van der Waals surface area contributed by atoms with Crippen LogP contribution in [-0.2, 0) is 0 Å². The van der Waals surface area contributed by atoms with Crippen LogP contribution in [-0.4, -0.2) is 10.4 Å². The zero-order valence-corrected chi connectivity index (χ0v) is 9.27. The molecule has 0 saturated heterocycles. The fourth-order valence-corrected chi connectivity index (χ4v) is 1.40. The molecule has 1 rings (SSSR count). The smallest absolute Gasteiger partial charge is 0.116 e. The Morgan fingerprint density at radius 2 is 1.85 bits per heavy atom. The van der Waals surface area contributed by atoms with Crippen LogP contribution in [0.1, 0.15) is 16.7 Å². The van der Waals surface area contributed by atoms with Gasteiger partial charge in [0.2, 0.25) is 0 Å². The molecule has 0 heterocycles. The van der Waals surface area contributed by atoms with Crippen LogP contribution in [0, 0.1) is 25.7 Å². The second kappa shape index (κ2) is 4.34. The lowest BCUT2D eigenvalue weighted by atomic mass is 10.0. The summed E-state index contributed by atoms with van der Waals surface area (Å²) in [5.41, 5.74) is 3.05. The van der Waals surface area contributed by atoms with E-state index in [1.807, 2.05) is 13.8 Å². The van der Waals surface area contributed by atoms with Crippen molar-refractivity contribution >= 4 is 15.9 Å². The van der Waals surface area contributed by atoms with Gasteiger partial charge in [-0.1, -0.05) is 27.8 Å². The van der Waals surface area contributed by atoms with E-state index >= 15 is 0 Å². The molecule has 1 aromatic rings. The number of hydrogen-bond donors (Lipinski definition) is 1. The monoisotopic (exact) mass is 238 g/mol. The van der Waals surface area contributed by atoms with Gasteiger partial charge in [-0.3, -0.25) is 0 Å². The Balaban J connectivity index is 3.21. The highest BCUT2D eigenvalue weighted by Crippen LogP contribution is 2.19. The summed E-state index contributed by atoms with van der Waals surface area (Å²) >= 11 is 3.25. The molecule has 0 radical (unpaired) electrons. The summed E-state index contributed by atoms with van der Waals surface area (Å²) in [5.74, 6) is 6.31. The fourth-order valence-electron chi connectivity index (χ4n) is 1.26. The maximum absolute atomic E-state index is 9.29. The standard InChI is InChI=1S/C11H11BrO/c1-8-6-10(13)7-9(2)11(8)4-3-5-12/h6-7,13H,5H2,1-2H3. The number of hydrogen-bond acceptors (Lipinski definition) is 1. The molecule has 0 spiro atoms. The van der Waals surface area contributed by atoms with Crippen LogP contribution >= 0.6 is 15.9 Å². The molecule has 1 aromatic carbocycles. The molecule has 13 heavy (non-hydrogen) atoms. The minimum absolute atomic E-state index is 0.305. The third-order valence-corrected chi connectivity index (χ3v) is 2.08. The molecule has 2 heteroatoms. The van der Waals surface area contributed by atoms with Crippen molar-refractivity contribution in [1.82, 2.24) is 0 Å². The van der Waals surface area contributed by atoms with E-state index in [0.29, 0.717) is 11.1 Å². The lowest BCUT2D eigenvalue weighted by Gasteiger charge is -2.03. The highest BCUT2D eigenvalue weighted by Gasteiger charge is 2.00. The molecule has 1 N–H and O–H groups in total. The summed E-state index contributed by atoms with van der Waals surface area (Å²) in [6, 6.07) is 3.45. The average Bonchev–Trinajstić information content (AvgIpc) is 2.02. The first kappa shape index (κ1) is 10.1. The maximum Gasteiger partial charge on any atom is 0.116 e. The normalized spacial score (nSPS) is 9.15. The lowest BCUT2D eigenvalue weighted by molar-refractivity contribution is 0.474. The summed E-state index contributed by atoms with van der Waals surface area (Å²) in [5, 5.41) is 9.96. The molecule has 0 atom stereocenters. The summed E-state index contributed by atoms with van der Waals surface area (Å²) < 4.78 is 0. The molecular formula is C11H11BrO. The van der Waals surface area contributed by atoms with E-state index in [2.05, 4.69) is 27.8 Å². The predicted molar refractivity (Wildman–Crippen MR) is 58.3 cm³/mol. The van der Waals surface area contributed by atoms with Crippen molar-refractivity contribution in [2.45, 2.75) is 13.8 Å². The largest absolute Gasteiger partial charge is 0.508 e. The van der Waals surface area contributed by atoms with Crippen LogP contribution in [0.3, 0.4) is 0 Å². The maximum atomic E-state index is 9.29. The van der Waals surface area contributed by atoms with Crippen LogP contribution in [0.5, 0.6) is 5.75 Å². The van der Waals surface area contributed by atoms with Crippen LogP contribution < -0.4 is 0 Å². The number of phenols is 1. The van der Waals surface area contributed by atoms with Gasteiger partial charge in [0.15, 0.2) is 0 Å². The Morgan fingerprint density at radius 1 is 1.31 bits per heavy atom. The molecule has 0 aliphatic rings. The summed E-state index contributed by atoms with van der Waals surface area (Å²) in [4.78, 5) is 0. The van der Waals surface area contributed by atoms with Crippen molar-refractivity contribution in [2.75, 3.05) is 5.33 Å². The third kappa shape index (κ3) is 2.50. The number of aryl methyl sites for hydroxylation is 2. The number of benzene rings is 1. The van der Waals surface area contributed by atoms with Gasteiger partial charge in [0.1, 0.15) is 5.75 Å². The van der Waals surface area contributed by atoms with Crippen molar-refractivity contribution in [1.29, 1.82) is 0 Å². The van der Waals surface area contributed by atoms with Gasteiger partial charge in [0.25, 0.3) is 0 Å². The van der Waals surface area contributed by atoms with Gasteiger partial charge in [-0.2, -0.15) is 0 Å². The van der Waals surface area contributed by atoms with Gasteiger partial charge in [0, 0.05) is 5.56 Å². The van der Waals surface area contributed by atoms with Gasteiger partial charge in [0.05, 0.1) is 5.33 Å². The minimum Gasteiger partial charge on any atom is -0.508 e. The molecule has 0 aromatic heterocycles. The van der Waals surface area contributed by atoms with Crippen LogP contribution in [0.25, 0.3) is 0 Å². The van der Waals surface area contributed by atoms with Crippen molar-refractivity contribution in [3.63, 3.8) is 0 Å². The van der Waals surface area contributed by atoms with Gasteiger partial charge >= 0.3 is 0 Å². The van der Waals surface area contributed by atoms with E-state index in [1.165, 1.54) is 0 Å². The van der Waals surface area contributed by atoms with E-state index in [1.54, 1.807) is 12.1 Å². The van der Waals surface area contributed by atoms with Crippen LogP contribution in [0.4, 0.5) is 0 Å². The second-order valence-electron chi connectivity index (χ2n) is 2.89. The van der Waals surface area contributed by atoms with Crippen molar-refractivity contribution < 1.29 is 5.11 Å². The molecule has 0 saturated carbocycles. The Bertz CT molecular complexity index is 348. The molecule has 0 aliphatic heterocycles. The summed E-state index contributed by atoms with van der Waals surface area (Å²) in [6.07, 6.45) is 0. The van der Waals surface area contributed by atoms with E-state index in [0.717, 1.165) is 16.7 Å². The zero-order chi connectivity index (χ0) is 9.84. The fraction of sp³-hybridized carbons (Fsp3) is 0.273. The number of aromatic hydroxyl groups is 1.